The molecule has 4 fully saturated rings. The van der Waals surface area contributed by atoms with E-state index in [1.807, 2.05) is 0 Å². The Labute approximate surface area is 127 Å². The fourth-order valence-electron chi connectivity index (χ4n) is 5.41. The first kappa shape index (κ1) is 15.3. The van der Waals surface area contributed by atoms with Gasteiger partial charge in [-0.05, 0) is 44.4 Å². The lowest BCUT2D eigenvalue weighted by Crippen LogP contribution is -2.63. The SMILES string of the molecule is COCOC(=O)C12CC3CC(C(=O)O)(CC(C(=O)O)(C3)C1)C2. The van der Waals surface area contributed by atoms with Gasteiger partial charge in [0.15, 0.2) is 6.79 Å². The number of methoxy groups -OCH3 is 1. The third-order valence-electron chi connectivity index (χ3n) is 5.72. The molecule has 0 aliphatic heterocycles. The van der Waals surface area contributed by atoms with E-state index in [4.69, 9.17) is 9.47 Å². The Kier molecular flexibility index (Phi) is 3.25. The van der Waals surface area contributed by atoms with E-state index in [1.165, 1.54) is 7.11 Å². The molecule has 0 radical (unpaired) electrons. The number of esters is 1. The Balaban J connectivity index is 2.01. The van der Waals surface area contributed by atoms with Crippen LogP contribution in [0.3, 0.4) is 0 Å². The largest absolute Gasteiger partial charge is 0.481 e. The van der Waals surface area contributed by atoms with Gasteiger partial charge in [0.05, 0.1) is 16.2 Å². The number of hydrogen-bond acceptors (Lipinski definition) is 5. The molecule has 0 spiro atoms. The molecule has 7 nitrogen and oxygen atoms in total. The lowest BCUT2D eigenvalue weighted by Gasteiger charge is -2.62. The van der Waals surface area contributed by atoms with Gasteiger partial charge in [-0.25, -0.2) is 0 Å². The molecule has 0 aromatic rings. The van der Waals surface area contributed by atoms with Crippen molar-refractivity contribution in [1.29, 1.82) is 0 Å². The van der Waals surface area contributed by atoms with Crippen LogP contribution < -0.4 is 0 Å². The van der Waals surface area contributed by atoms with E-state index in [1.54, 1.807) is 0 Å². The molecule has 0 heterocycles. The molecule has 4 aliphatic rings. The van der Waals surface area contributed by atoms with E-state index in [2.05, 4.69) is 0 Å². The highest BCUT2D eigenvalue weighted by molar-refractivity contribution is 5.86. The zero-order chi connectivity index (χ0) is 16.2. The van der Waals surface area contributed by atoms with Crippen molar-refractivity contribution in [2.45, 2.75) is 38.5 Å². The van der Waals surface area contributed by atoms with Crippen LogP contribution in [0.4, 0.5) is 0 Å². The summed E-state index contributed by atoms with van der Waals surface area (Å²) in [5.41, 5.74) is -3.25. The van der Waals surface area contributed by atoms with Gasteiger partial charge in [-0.1, -0.05) is 0 Å². The summed E-state index contributed by atoms with van der Waals surface area (Å²) in [6.45, 7) is -0.203. The first-order chi connectivity index (χ1) is 10.3. The minimum Gasteiger partial charge on any atom is -0.481 e. The standard InChI is InChI=1S/C15H20O7/c1-21-8-22-12(20)15-4-9-2-13(6-15,10(16)17)5-14(3-9,7-15)11(18)19/h9H,2-8H2,1H3,(H,16,17)(H,18,19). The number of aliphatic carboxylic acids is 2. The molecule has 22 heavy (non-hydrogen) atoms. The molecule has 0 aromatic carbocycles. The third kappa shape index (κ3) is 1.95. The Morgan fingerprint density at radius 2 is 1.41 bits per heavy atom. The van der Waals surface area contributed by atoms with Crippen molar-refractivity contribution in [3.63, 3.8) is 0 Å². The molecule has 4 bridgehead atoms. The first-order valence-electron chi connectivity index (χ1n) is 7.41. The van der Waals surface area contributed by atoms with Crippen molar-refractivity contribution in [3.05, 3.63) is 0 Å². The lowest BCUT2D eigenvalue weighted by atomic mass is 9.39. The van der Waals surface area contributed by atoms with Crippen molar-refractivity contribution < 1.29 is 34.1 Å². The molecule has 2 atom stereocenters. The molecule has 0 saturated heterocycles. The number of rotatable bonds is 5. The van der Waals surface area contributed by atoms with Crippen LogP contribution in [0, 0.1) is 22.2 Å². The van der Waals surface area contributed by atoms with Crippen molar-refractivity contribution in [2.24, 2.45) is 22.2 Å². The maximum absolute atomic E-state index is 12.5. The average Bonchev–Trinajstić information content (AvgIpc) is 2.43. The van der Waals surface area contributed by atoms with Gasteiger partial charge in [0.2, 0.25) is 0 Å². The normalized spacial score (nSPS) is 42.1. The van der Waals surface area contributed by atoms with Crippen molar-refractivity contribution in [3.8, 4) is 0 Å². The van der Waals surface area contributed by atoms with Crippen LogP contribution in [-0.4, -0.2) is 42.0 Å². The molecule has 2 unspecified atom stereocenters. The van der Waals surface area contributed by atoms with Crippen LogP contribution in [0.2, 0.25) is 0 Å². The minimum atomic E-state index is -1.12. The number of ether oxygens (including phenoxy) is 2. The van der Waals surface area contributed by atoms with Gasteiger partial charge in [-0.3, -0.25) is 14.4 Å². The summed E-state index contributed by atoms with van der Waals surface area (Å²) in [5, 5.41) is 19.4. The summed E-state index contributed by atoms with van der Waals surface area (Å²) in [6.07, 6.45) is 1.88. The quantitative estimate of drug-likeness (QED) is 0.581. The summed E-state index contributed by atoms with van der Waals surface area (Å²) in [5.74, 6) is -2.56. The Hall–Kier alpha value is -1.63. The zero-order valence-corrected chi connectivity index (χ0v) is 12.5. The summed E-state index contributed by atoms with van der Waals surface area (Å²) >= 11 is 0. The van der Waals surface area contributed by atoms with E-state index < -0.39 is 34.2 Å². The van der Waals surface area contributed by atoms with Gasteiger partial charge in [0, 0.05) is 7.11 Å². The fraction of sp³-hybridized carbons (Fsp3) is 0.800. The van der Waals surface area contributed by atoms with E-state index in [0.29, 0.717) is 19.3 Å². The summed E-state index contributed by atoms with van der Waals surface area (Å²) in [4.78, 5) is 36.2. The van der Waals surface area contributed by atoms with Gasteiger partial charge in [-0.2, -0.15) is 0 Å². The van der Waals surface area contributed by atoms with E-state index in [9.17, 15) is 24.6 Å². The molecule has 0 aromatic heterocycles. The van der Waals surface area contributed by atoms with Crippen molar-refractivity contribution >= 4 is 17.9 Å². The van der Waals surface area contributed by atoms with Crippen LogP contribution in [0.15, 0.2) is 0 Å². The third-order valence-corrected chi connectivity index (χ3v) is 5.72. The van der Waals surface area contributed by atoms with E-state index in [-0.39, 0.29) is 32.0 Å². The zero-order valence-electron chi connectivity index (χ0n) is 12.5. The number of carboxylic acids is 2. The smallest absolute Gasteiger partial charge is 0.314 e. The highest BCUT2D eigenvalue weighted by atomic mass is 16.7. The Bertz CT molecular complexity index is 510. The van der Waals surface area contributed by atoms with E-state index in [0.717, 1.165) is 0 Å². The fourth-order valence-corrected chi connectivity index (χ4v) is 5.41. The van der Waals surface area contributed by atoms with Crippen LogP contribution in [0.25, 0.3) is 0 Å². The predicted molar refractivity (Wildman–Crippen MR) is 71.7 cm³/mol. The molecular formula is C15H20O7. The van der Waals surface area contributed by atoms with Crippen LogP contribution >= 0.6 is 0 Å². The van der Waals surface area contributed by atoms with Gasteiger partial charge < -0.3 is 19.7 Å². The van der Waals surface area contributed by atoms with E-state index >= 15 is 0 Å². The second-order valence-corrected chi connectivity index (χ2v) is 7.30. The molecule has 122 valence electrons. The first-order valence-corrected chi connectivity index (χ1v) is 7.41. The minimum absolute atomic E-state index is 0.0569. The second kappa shape index (κ2) is 4.68. The van der Waals surface area contributed by atoms with Gasteiger partial charge in [0.25, 0.3) is 0 Å². The monoisotopic (exact) mass is 312 g/mol. The Morgan fingerprint density at radius 1 is 0.955 bits per heavy atom. The molecule has 0 amide bonds. The Morgan fingerprint density at radius 3 is 1.86 bits per heavy atom. The second-order valence-electron chi connectivity index (χ2n) is 7.30. The molecule has 4 rings (SSSR count). The van der Waals surface area contributed by atoms with Crippen LogP contribution in [0.5, 0.6) is 0 Å². The number of carboxylic acid groups (broad SMARTS) is 2. The average molecular weight is 312 g/mol. The molecule has 7 heteroatoms. The number of carbonyl (C=O) groups excluding carboxylic acids is 1. The van der Waals surface area contributed by atoms with Gasteiger partial charge in [0.1, 0.15) is 0 Å². The van der Waals surface area contributed by atoms with Gasteiger partial charge in [-0.15, -0.1) is 0 Å². The number of hydrogen-bond donors (Lipinski definition) is 2. The van der Waals surface area contributed by atoms with Crippen LogP contribution in [-0.2, 0) is 23.9 Å². The number of carbonyl (C=O) groups is 3. The lowest BCUT2D eigenvalue weighted by molar-refractivity contribution is -0.214. The van der Waals surface area contributed by atoms with Gasteiger partial charge >= 0.3 is 17.9 Å². The van der Waals surface area contributed by atoms with Crippen LogP contribution in [0.1, 0.15) is 38.5 Å². The topological polar surface area (TPSA) is 110 Å². The predicted octanol–water partition coefficient (Wildman–Crippen LogP) is 1.26. The summed E-state index contributed by atoms with van der Waals surface area (Å²) < 4.78 is 9.82. The summed E-state index contributed by atoms with van der Waals surface area (Å²) in [7, 11) is 1.39. The molecular weight excluding hydrogens is 292 g/mol. The summed E-state index contributed by atoms with van der Waals surface area (Å²) in [6, 6.07) is 0. The maximum atomic E-state index is 12.5. The van der Waals surface area contributed by atoms with Crippen molar-refractivity contribution in [1.82, 2.24) is 0 Å². The highest BCUT2D eigenvalue weighted by Crippen LogP contribution is 2.70. The molecule has 4 saturated carbocycles. The molecule has 2 N–H and O–H groups in total. The highest BCUT2D eigenvalue weighted by Gasteiger charge is 2.70. The van der Waals surface area contributed by atoms with Crippen molar-refractivity contribution in [2.75, 3.05) is 13.9 Å². The maximum Gasteiger partial charge on any atom is 0.314 e. The molecule has 4 aliphatic carbocycles.